The van der Waals surface area contributed by atoms with Crippen LogP contribution in [0.5, 0.6) is 5.75 Å². The third-order valence-corrected chi connectivity index (χ3v) is 8.28. The van der Waals surface area contributed by atoms with Crippen LogP contribution < -0.4 is 15.4 Å². The van der Waals surface area contributed by atoms with Crippen LogP contribution in [0, 0.1) is 6.92 Å². The van der Waals surface area contributed by atoms with E-state index < -0.39 is 11.5 Å². The van der Waals surface area contributed by atoms with Crippen LogP contribution in [0.1, 0.15) is 58.0 Å². The molecular formula is C30H28Cl2N4O4. The van der Waals surface area contributed by atoms with Gasteiger partial charge in [-0.1, -0.05) is 46.6 Å². The minimum absolute atomic E-state index is 0.241. The number of aryl methyl sites for hydroxylation is 1. The first-order valence-corrected chi connectivity index (χ1v) is 13.9. The number of rotatable bonds is 8. The van der Waals surface area contributed by atoms with Crippen molar-refractivity contribution >= 4 is 34.9 Å². The average Bonchev–Trinajstić information content (AvgIpc) is 3.57. The molecule has 1 atom stereocenters. The summed E-state index contributed by atoms with van der Waals surface area (Å²) in [6.07, 6.45) is 4.10. The number of carbonyl (C=O) groups excluding carboxylic acids is 1. The van der Waals surface area contributed by atoms with Crippen molar-refractivity contribution in [1.29, 1.82) is 0 Å². The van der Waals surface area contributed by atoms with Crippen molar-refractivity contribution in [2.24, 2.45) is 5.73 Å². The monoisotopic (exact) mass is 578 g/mol. The van der Waals surface area contributed by atoms with Gasteiger partial charge in [0.25, 0.3) is 0 Å². The van der Waals surface area contributed by atoms with Crippen molar-refractivity contribution in [3.63, 3.8) is 0 Å². The first-order valence-electron chi connectivity index (χ1n) is 13.1. The molecule has 1 aliphatic heterocycles. The summed E-state index contributed by atoms with van der Waals surface area (Å²) >= 11 is 13.2. The number of anilines is 1. The molecule has 0 radical (unpaired) electrons. The van der Waals surface area contributed by atoms with E-state index >= 15 is 0 Å². The second-order valence-electron chi connectivity index (χ2n) is 10.5. The number of hydrogen-bond acceptors (Lipinski definition) is 7. The maximum atomic E-state index is 11.6. The standard InChI is InChI=1S/C30H28Cl2N4O4/c1-17-3-2-4-23(31)26(17)27-21(28(40-35-27)18-5-6-18)15-39-20-7-8-22(24(32)14-20)30(38)10-12-36(16-30)25-13-19(29(33)37)9-11-34-25/h2-4,7-9,11,13-14,18,38H,5-6,10,12,15-16H2,1H3,(H2,33,37). The lowest BCUT2D eigenvalue weighted by molar-refractivity contribution is 0.0607. The van der Waals surface area contributed by atoms with Crippen molar-refractivity contribution in [3.05, 3.63) is 92.8 Å². The first kappa shape index (κ1) is 26.6. The lowest BCUT2D eigenvalue weighted by Crippen LogP contribution is -2.31. The van der Waals surface area contributed by atoms with E-state index in [1.165, 1.54) is 6.20 Å². The third kappa shape index (κ3) is 5.03. The molecule has 40 heavy (non-hydrogen) atoms. The summed E-state index contributed by atoms with van der Waals surface area (Å²) in [5.74, 6) is 1.79. The Morgan fingerprint density at radius 2 is 2.02 bits per heavy atom. The summed E-state index contributed by atoms with van der Waals surface area (Å²) < 4.78 is 12.0. The van der Waals surface area contributed by atoms with E-state index in [1.807, 2.05) is 30.0 Å². The highest BCUT2D eigenvalue weighted by Crippen LogP contribution is 2.46. The van der Waals surface area contributed by atoms with Crippen molar-refractivity contribution in [2.75, 3.05) is 18.0 Å². The van der Waals surface area contributed by atoms with Crippen molar-refractivity contribution in [3.8, 4) is 17.0 Å². The molecule has 2 fully saturated rings. The van der Waals surface area contributed by atoms with Crippen LogP contribution in [-0.4, -0.2) is 34.2 Å². The summed E-state index contributed by atoms with van der Waals surface area (Å²) in [7, 11) is 0. The molecule has 1 aliphatic carbocycles. The largest absolute Gasteiger partial charge is 0.489 e. The SMILES string of the molecule is Cc1cccc(Cl)c1-c1noc(C2CC2)c1COc1ccc(C2(O)CCN(c3cc(C(N)=O)ccn3)C2)c(Cl)c1. The number of nitrogens with zero attached hydrogens (tertiary/aromatic N) is 3. The number of halogens is 2. The number of aromatic nitrogens is 2. The summed E-state index contributed by atoms with van der Waals surface area (Å²) in [5, 5.41) is 16.9. The minimum atomic E-state index is -1.19. The summed E-state index contributed by atoms with van der Waals surface area (Å²) in [4.78, 5) is 17.8. The van der Waals surface area contributed by atoms with Crippen LogP contribution in [0.4, 0.5) is 5.82 Å². The zero-order chi connectivity index (χ0) is 28.0. The first-order chi connectivity index (χ1) is 19.2. The molecule has 2 aromatic carbocycles. The number of primary amides is 1. The van der Waals surface area contributed by atoms with E-state index in [9.17, 15) is 9.90 Å². The van der Waals surface area contributed by atoms with Crippen LogP contribution in [-0.2, 0) is 12.2 Å². The Labute approximate surface area is 241 Å². The van der Waals surface area contributed by atoms with Gasteiger partial charge in [-0.05, 0) is 62.1 Å². The molecule has 6 rings (SSSR count). The molecule has 2 aliphatic rings. The highest BCUT2D eigenvalue weighted by Gasteiger charge is 2.40. The maximum Gasteiger partial charge on any atom is 0.248 e. The fourth-order valence-electron chi connectivity index (χ4n) is 5.33. The molecule has 1 amide bonds. The van der Waals surface area contributed by atoms with Crippen molar-refractivity contribution in [2.45, 2.75) is 44.3 Å². The van der Waals surface area contributed by atoms with E-state index in [4.69, 9.17) is 38.2 Å². The van der Waals surface area contributed by atoms with E-state index in [-0.39, 0.29) is 13.2 Å². The van der Waals surface area contributed by atoms with E-state index in [1.54, 1.807) is 30.3 Å². The minimum Gasteiger partial charge on any atom is -0.489 e. The number of pyridine rings is 1. The molecule has 3 heterocycles. The van der Waals surface area contributed by atoms with Gasteiger partial charge < -0.3 is 25.0 Å². The number of carbonyl (C=O) groups is 1. The number of benzene rings is 2. The van der Waals surface area contributed by atoms with Crippen molar-refractivity contribution < 1.29 is 19.2 Å². The van der Waals surface area contributed by atoms with Gasteiger partial charge in [0.1, 0.15) is 35.2 Å². The number of nitrogens with two attached hydrogens (primary N) is 1. The topological polar surface area (TPSA) is 115 Å². The van der Waals surface area contributed by atoms with Crippen LogP contribution in [0.25, 0.3) is 11.3 Å². The Balaban J connectivity index is 1.21. The lowest BCUT2D eigenvalue weighted by Gasteiger charge is -2.25. The molecular weight excluding hydrogens is 551 g/mol. The Hall–Kier alpha value is -3.59. The molecule has 1 saturated carbocycles. The molecule has 0 bridgehead atoms. The maximum absolute atomic E-state index is 11.6. The molecule has 4 aromatic rings. The Bertz CT molecular complexity index is 1580. The Morgan fingerprint density at radius 1 is 1.20 bits per heavy atom. The molecule has 206 valence electrons. The molecule has 0 spiro atoms. The lowest BCUT2D eigenvalue weighted by atomic mass is 9.93. The second kappa shape index (κ2) is 10.4. The number of ether oxygens (including phenoxy) is 1. The van der Waals surface area contributed by atoms with Gasteiger partial charge in [0.15, 0.2) is 0 Å². The molecule has 8 nitrogen and oxygen atoms in total. The van der Waals surface area contributed by atoms with Gasteiger partial charge in [0.2, 0.25) is 5.91 Å². The Morgan fingerprint density at radius 3 is 2.75 bits per heavy atom. The predicted octanol–water partition coefficient (Wildman–Crippen LogP) is 6.01. The van der Waals surface area contributed by atoms with Crippen molar-refractivity contribution in [1.82, 2.24) is 10.1 Å². The predicted molar refractivity (Wildman–Crippen MR) is 153 cm³/mol. The number of amides is 1. The summed E-state index contributed by atoms with van der Waals surface area (Å²) in [5.41, 5.74) is 8.62. The van der Waals surface area contributed by atoms with Crippen LogP contribution >= 0.6 is 23.2 Å². The highest BCUT2D eigenvalue weighted by molar-refractivity contribution is 6.33. The molecule has 3 N–H and O–H groups in total. The fraction of sp³-hybridized carbons (Fsp3) is 0.300. The normalized spacial score (nSPS) is 18.8. The van der Waals surface area contributed by atoms with Gasteiger partial charge in [-0.2, -0.15) is 0 Å². The van der Waals surface area contributed by atoms with E-state index in [0.717, 1.165) is 35.3 Å². The molecule has 1 unspecified atom stereocenters. The average molecular weight is 579 g/mol. The van der Waals surface area contributed by atoms with Crippen LogP contribution in [0.2, 0.25) is 10.0 Å². The van der Waals surface area contributed by atoms with Crippen LogP contribution in [0.15, 0.2) is 59.3 Å². The zero-order valence-electron chi connectivity index (χ0n) is 21.9. The van der Waals surface area contributed by atoms with Crippen LogP contribution in [0.3, 0.4) is 0 Å². The smallest absolute Gasteiger partial charge is 0.248 e. The van der Waals surface area contributed by atoms with Gasteiger partial charge in [0, 0.05) is 35.3 Å². The summed E-state index contributed by atoms with van der Waals surface area (Å²) in [6.45, 7) is 3.05. The quantitative estimate of drug-likeness (QED) is 0.263. The fourth-order valence-corrected chi connectivity index (χ4v) is 5.99. The number of hydrogen-bond donors (Lipinski definition) is 2. The Kier molecular flexibility index (Phi) is 6.94. The zero-order valence-corrected chi connectivity index (χ0v) is 23.4. The molecule has 2 aromatic heterocycles. The molecule has 1 saturated heterocycles. The number of β-amino-alcohol motifs (C(OH)–C–C–N with tert-alkyl or cyclic N) is 1. The van der Waals surface area contributed by atoms with Gasteiger partial charge in [-0.3, -0.25) is 4.79 Å². The third-order valence-electron chi connectivity index (χ3n) is 7.65. The van der Waals surface area contributed by atoms with Gasteiger partial charge in [0.05, 0.1) is 22.2 Å². The highest BCUT2D eigenvalue weighted by atomic mass is 35.5. The number of aliphatic hydroxyl groups is 1. The summed E-state index contributed by atoms with van der Waals surface area (Å²) in [6, 6.07) is 14.3. The van der Waals surface area contributed by atoms with E-state index in [2.05, 4.69) is 10.1 Å². The molecule has 10 heteroatoms. The van der Waals surface area contributed by atoms with Gasteiger partial charge in [-0.15, -0.1) is 0 Å². The van der Waals surface area contributed by atoms with Gasteiger partial charge in [-0.25, -0.2) is 4.98 Å². The second-order valence-corrected chi connectivity index (χ2v) is 11.3. The van der Waals surface area contributed by atoms with E-state index in [0.29, 0.717) is 57.3 Å². The van der Waals surface area contributed by atoms with Gasteiger partial charge >= 0.3 is 0 Å².